The Labute approximate surface area is 236 Å². The molecule has 0 heterocycles. The van der Waals surface area contributed by atoms with Crippen LogP contribution in [0.1, 0.15) is 84.0 Å². The fourth-order valence-corrected chi connectivity index (χ4v) is 5.05. The molecule has 0 radical (unpaired) electrons. The number of carbonyl (C=O) groups is 1. The van der Waals surface area contributed by atoms with Crippen molar-refractivity contribution in [1.29, 1.82) is 0 Å². The molecule has 13 heteroatoms. The van der Waals surface area contributed by atoms with Gasteiger partial charge in [0.25, 0.3) is 0 Å². The van der Waals surface area contributed by atoms with Crippen LogP contribution in [-0.4, -0.2) is 97.4 Å². The number of phosphoric ester groups is 1. The normalized spacial score (nSPS) is 27.7. The Hall–Kier alpha value is -1.18. The first kappa shape index (κ1) is 36.8. The van der Waals surface area contributed by atoms with Gasteiger partial charge in [-0.3, -0.25) is 13.8 Å². The fraction of sp³-hybridized carbons (Fsp3) is 0.815. The Kier molecular flexibility index (Phi) is 19.0. The molecule has 0 spiro atoms. The number of phosphoric acid groups is 1. The lowest BCUT2D eigenvalue weighted by atomic mass is 9.85. The van der Waals surface area contributed by atoms with E-state index >= 15 is 0 Å². The molecule has 40 heavy (non-hydrogen) atoms. The lowest BCUT2D eigenvalue weighted by molar-refractivity contribution is -0.220. The molecule has 1 saturated carbocycles. The zero-order chi connectivity index (χ0) is 30.0. The number of ether oxygens (including phenoxy) is 1. The van der Waals surface area contributed by atoms with Gasteiger partial charge in [0.05, 0.1) is 6.61 Å². The van der Waals surface area contributed by atoms with Crippen molar-refractivity contribution >= 4 is 13.8 Å². The van der Waals surface area contributed by atoms with Crippen molar-refractivity contribution in [3.8, 4) is 0 Å². The molecular formula is C27H49O12P. The summed E-state index contributed by atoms with van der Waals surface area (Å²) < 4.78 is 26.3. The number of allylic oxidation sites excluding steroid dienone is 4. The number of aliphatic hydroxyl groups is 6. The zero-order valence-corrected chi connectivity index (χ0v) is 24.3. The van der Waals surface area contributed by atoms with Gasteiger partial charge in [0.15, 0.2) is 0 Å². The van der Waals surface area contributed by atoms with Gasteiger partial charge in [0.2, 0.25) is 0 Å². The summed E-state index contributed by atoms with van der Waals surface area (Å²) >= 11 is 0. The summed E-state index contributed by atoms with van der Waals surface area (Å²) in [6.07, 6.45) is 7.40. The van der Waals surface area contributed by atoms with E-state index in [0.717, 1.165) is 44.9 Å². The zero-order valence-electron chi connectivity index (χ0n) is 23.4. The van der Waals surface area contributed by atoms with Crippen LogP contribution >= 0.6 is 7.82 Å². The Morgan fingerprint density at radius 1 is 0.775 bits per heavy atom. The monoisotopic (exact) mass is 596 g/mol. The van der Waals surface area contributed by atoms with Crippen LogP contribution in [0.3, 0.4) is 0 Å². The number of aliphatic hydroxyl groups excluding tert-OH is 6. The number of rotatable bonds is 21. The van der Waals surface area contributed by atoms with Gasteiger partial charge in [-0.15, -0.1) is 0 Å². The molecule has 0 amide bonds. The Bertz CT molecular complexity index is 775. The van der Waals surface area contributed by atoms with Crippen molar-refractivity contribution in [1.82, 2.24) is 0 Å². The van der Waals surface area contributed by atoms with Crippen LogP contribution in [0.2, 0.25) is 0 Å². The molecule has 0 aromatic carbocycles. The average molecular weight is 597 g/mol. The topological polar surface area (TPSA) is 203 Å². The highest BCUT2D eigenvalue weighted by molar-refractivity contribution is 7.47. The largest absolute Gasteiger partial charge is 0.472 e. The van der Waals surface area contributed by atoms with Crippen LogP contribution in [0, 0.1) is 0 Å². The minimum absolute atomic E-state index is 0.174. The van der Waals surface area contributed by atoms with Gasteiger partial charge < -0.3 is 40.3 Å². The van der Waals surface area contributed by atoms with E-state index < -0.39 is 69.7 Å². The third kappa shape index (κ3) is 15.2. The summed E-state index contributed by atoms with van der Waals surface area (Å²) in [6, 6.07) is 0. The van der Waals surface area contributed by atoms with E-state index in [1.807, 2.05) is 0 Å². The maximum absolute atomic E-state index is 12.1. The number of hydrogen-bond donors (Lipinski definition) is 7. The van der Waals surface area contributed by atoms with E-state index in [9.17, 15) is 44.9 Å². The molecule has 0 aliphatic heterocycles. The molecule has 1 fully saturated rings. The predicted molar refractivity (Wildman–Crippen MR) is 147 cm³/mol. The lowest BCUT2D eigenvalue weighted by Gasteiger charge is -2.41. The first-order chi connectivity index (χ1) is 19.0. The quantitative estimate of drug-likeness (QED) is 0.0440. The van der Waals surface area contributed by atoms with Crippen molar-refractivity contribution in [2.45, 2.75) is 127 Å². The van der Waals surface area contributed by atoms with Gasteiger partial charge in [0, 0.05) is 6.42 Å². The first-order valence-electron chi connectivity index (χ1n) is 14.2. The third-order valence-corrected chi connectivity index (χ3v) is 7.51. The highest BCUT2D eigenvalue weighted by Crippen LogP contribution is 2.47. The summed E-state index contributed by atoms with van der Waals surface area (Å²) in [5, 5.41) is 58.5. The van der Waals surface area contributed by atoms with Crippen LogP contribution < -0.4 is 0 Å². The third-order valence-electron chi connectivity index (χ3n) is 6.53. The SMILES string of the molecule is CCCCC/C=C\C/C=C\CCCCCCCC(=O)OCC(O)COP(=O)(O)OC1[C@H](O)[C@H](O)C(O)[C@H](O)[C@H]1O. The second kappa shape index (κ2) is 20.7. The van der Waals surface area contributed by atoms with E-state index in [0.29, 0.717) is 6.42 Å². The van der Waals surface area contributed by atoms with E-state index in [1.54, 1.807) is 0 Å². The van der Waals surface area contributed by atoms with Crippen molar-refractivity contribution < 1.29 is 58.7 Å². The standard InChI is InChI=1S/C27H49O12P/c1-2-3-4-5-6-7-8-9-10-11-12-13-14-15-16-17-21(29)37-18-20(28)19-38-40(35,36)39-27-25(33)23(31)22(30)24(32)26(27)34/h6-7,9-10,20,22-28,30-34H,2-5,8,11-19H2,1H3,(H,35,36)/b7-6-,10-9-/t20?,22?,23-,24+,25-,26-,27?/m1/s1. The molecule has 12 nitrogen and oxygen atoms in total. The molecule has 8 atom stereocenters. The molecule has 7 N–H and O–H groups in total. The maximum Gasteiger partial charge on any atom is 0.472 e. The van der Waals surface area contributed by atoms with Crippen LogP contribution in [0.15, 0.2) is 24.3 Å². The number of unbranched alkanes of at least 4 members (excludes halogenated alkanes) is 8. The Morgan fingerprint density at radius 2 is 1.30 bits per heavy atom. The van der Waals surface area contributed by atoms with Crippen molar-refractivity contribution in [2.24, 2.45) is 0 Å². The molecule has 0 bridgehead atoms. The second-order valence-corrected chi connectivity index (χ2v) is 11.5. The Balaban J connectivity index is 2.11. The van der Waals surface area contributed by atoms with Gasteiger partial charge in [-0.25, -0.2) is 4.57 Å². The Morgan fingerprint density at radius 3 is 1.90 bits per heavy atom. The molecule has 0 saturated heterocycles. The first-order valence-corrected chi connectivity index (χ1v) is 15.7. The van der Waals surface area contributed by atoms with Gasteiger partial charge >= 0.3 is 13.8 Å². The van der Waals surface area contributed by atoms with Crippen molar-refractivity contribution in [3.63, 3.8) is 0 Å². The van der Waals surface area contributed by atoms with Crippen LogP contribution in [0.4, 0.5) is 0 Å². The van der Waals surface area contributed by atoms with Crippen molar-refractivity contribution in [2.75, 3.05) is 13.2 Å². The van der Waals surface area contributed by atoms with E-state index in [2.05, 4.69) is 40.3 Å². The molecule has 0 aromatic rings. The summed E-state index contributed by atoms with van der Waals surface area (Å²) in [5.74, 6) is -0.525. The highest BCUT2D eigenvalue weighted by atomic mass is 31.2. The van der Waals surface area contributed by atoms with Gasteiger partial charge in [0.1, 0.15) is 49.3 Å². The van der Waals surface area contributed by atoms with Gasteiger partial charge in [-0.2, -0.15) is 0 Å². The summed E-state index contributed by atoms with van der Waals surface area (Å²) in [5.41, 5.74) is 0. The minimum Gasteiger partial charge on any atom is -0.463 e. The smallest absolute Gasteiger partial charge is 0.463 e. The summed E-state index contributed by atoms with van der Waals surface area (Å²) in [6.45, 7) is 0.932. The minimum atomic E-state index is -4.99. The van der Waals surface area contributed by atoms with Crippen molar-refractivity contribution in [3.05, 3.63) is 24.3 Å². The van der Waals surface area contributed by atoms with Crippen LogP contribution in [0.5, 0.6) is 0 Å². The summed E-state index contributed by atoms with van der Waals surface area (Å²) in [4.78, 5) is 21.7. The molecule has 0 aromatic heterocycles. The van der Waals surface area contributed by atoms with Crippen LogP contribution in [-0.2, 0) is 23.1 Å². The lowest BCUT2D eigenvalue weighted by Crippen LogP contribution is -2.64. The fourth-order valence-electron chi connectivity index (χ4n) is 4.08. The van der Waals surface area contributed by atoms with E-state index in [-0.39, 0.29) is 6.42 Å². The molecule has 1 aliphatic rings. The van der Waals surface area contributed by atoms with Crippen LogP contribution in [0.25, 0.3) is 0 Å². The molecular weight excluding hydrogens is 547 g/mol. The molecule has 1 aliphatic carbocycles. The van der Waals surface area contributed by atoms with Gasteiger partial charge in [-0.1, -0.05) is 63.3 Å². The number of esters is 1. The van der Waals surface area contributed by atoms with E-state index in [4.69, 9.17) is 4.74 Å². The number of hydrogen-bond acceptors (Lipinski definition) is 11. The highest BCUT2D eigenvalue weighted by Gasteiger charge is 2.51. The maximum atomic E-state index is 12.1. The molecule has 1 rings (SSSR count). The average Bonchev–Trinajstić information content (AvgIpc) is 2.93. The van der Waals surface area contributed by atoms with Gasteiger partial charge in [-0.05, 0) is 38.5 Å². The van der Waals surface area contributed by atoms with E-state index in [1.165, 1.54) is 19.3 Å². The predicted octanol–water partition coefficient (Wildman–Crippen LogP) is 2.02. The molecule has 234 valence electrons. The molecule has 4 unspecified atom stereocenters. The second-order valence-electron chi connectivity index (χ2n) is 10.1. The number of carbonyl (C=O) groups excluding carboxylic acids is 1. The summed E-state index contributed by atoms with van der Waals surface area (Å²) in [7, 11) is -4.99.